The molecule has 1 aromatic carbocycles. The zero-order valence-corrected chi connectivity index (χ0v) is 29.1. The summed E-state index contributed by atoms with van der Waals surface area (Å²) >= 11 is 6.84. The first kappa shape index (κ1) is 35.9. The van der Waals surface area contributed by atoms with Crippen molar-refractivity contribution in [1.29, 1.82) is 0 Å². The van der Waals surface area contributed by atoms with Gasteiger partial charge in [-0.05, 0) is 37.0 Å². The molecule has 1 saturated heterocycles. The molecule has 1 aliphatic heterocycles. The van der Waals surface area contributed by atoms with Gasteiger partial charge in [0.05, 0.1) is 64.4 Å². The number of esters is 1. The number of methoxy groups -OCH3 is 2. The first-order valence-corrected chi connectivity index (χ1v) is 16.0. The van der Waals surface area contributed by atoms with Crippen LogP contribution in [0.4, 0.5) is 20.6 Å². The highest BCUT2D eigenvalue weighted by molar-refractivity contribution is 6.34. The third-order valence-electron chi connectivity index (χ3n) is 8.61. The number of benzene rings is 1. The molecule has 1 aliphatic rings. The number of fused-ring (bicyclic) bond motifs is 1. The van der Waals surface area contributed by atoms with Crippen LogP contribution in [0.15, 0.2) is 35.4 Å². The molecule has 5 rings (SSSR count). The van der Waals surface area contributed by atoms with Crippen LogP contribution in [0.2, 0.25) is 5.02 Å². The lowest BCUT2D eigenvalue weighted by molar-refractivity contribution is -0.385. The van der Waals surface area contributed by atoms with E-state index in [1.165, 1.54) is 42.6 Å². The summed E-state index contributed by atoms with van der Waals surface area (Å²) in [6, 6.07) is 3.21. The number of hydrogen-bond donors (Lipinski definition) is 1. The number of anilines is 1. The van der Waals surface area contributed by atoms with Crippen molar-refractivity contribution in [3.63, 3.8) is 0 Å². The highest BCUT2D eigenvalue weighted by Gasteiger charge is 2.44. The Hall–Kier alpha value is -5.38. The SMILES string of the molecule is COC(=O)[C@H]1CN(C(=O)O)[C@H](C)CN1c1c([N+](=O)[O-])c(=O)n(-c2c(C(C)C)ncnc2C(C)C)c2nc(-c3c(F)cccc3OC)c(Cl)cc12. The van der Waals surface area contributed by atoms with Crippen LogP contribution >= 0.6 is 11.6 Å². The van der Waals surface area contributed by atoms with E-state index < -0.39 is 52.7 Å². The highest BCUT2D eigenvalue weighted by atomic mass is 35.5. The molecule has 0 bridgehead atoms. The molecular formula is C33H35ClFN7O8. The molecule has 0 aliphatic carbocycles. The Morgan fingerprint density at radius 3 is 2.28 bits per heavy atom. The Labute approximate surface area is 290 Å². The molecule has 0 spiro atoms. The third kappa shape index (κ3) is 6.03. The number of rotatable bonds is 8. The average molecular weight is 712 g/mol. The van der Waals surface area contributed by atoms with Crippen LogP contribution < -0.4 is 15.2 Å². The van der Waals surface area contributed by atoms with Crippen molar-refractivity contribution in [2.24, 2.45) is 0 Å². The van der Waals surface area contributed by atoms with E-state index in [0.717, 1.165) is 16.6 Å². The van der Waals surface area contributed by atoms with E-state index in [4.69, 9.17) is 26.1 Å². The van der Waals surface area contributed by atoms with Crippen LogP contribution in [-0.4, -0.2) is 85.9 Å². The van der Waals surface area contributed by atoms with Crippen LogP contribution in [0.25, 0.3) is 28.0 Å². The second kappa shape index (κ2) is 13.9. The normalized spacial score (nSPS) is 16.3. The Kier molecular flexibility index (Phi) is 9.95. The summed E-state index contributed by atoms with van der Waals surface area (Å²) < 4.78 is 27.0. The Balaban J connectivity index is 2.04. The van der Waals surface area contributed by atoms with Gasteiger partial charge >= 0.3 is 23.3 Å². The second-order valence-electron chi connectivity index (χ2n) is 12.4. The van der Waals surface area contributed by atoms with Gasteiger partial charge in [-0.3, -0.25) is 19.5 Å². The minimum absolute atomic E-state index is 0.0569. The van der Waals surface area contributed by atoms with E-state index >= 15 is 4.39 Å². The number of nitrogens with zero attached hydrogens (tertiary/aromatic N) is 7. The molecule has 1 N–H and O–H groups in total. The maximum atomic E-state index is 15.5. The molecule has 17 heteroatoms. The van der Waals surface area contributed by atoms with E-state index in [1.54, 1.807) is 6.92 Å². The Morgan fingerprint density at radius 2 is 1.74 bits per heavy atom. The molecule has 4 heterocycles. The standard InChI is InChI=1S/C33H35ClFN7O8/c1-15(2)24-28(25(16(3)4)37-14-36-24)41-30-18(11-19(34)26(38-30)23-20(35)9-8-10-22(23)49-6)27(29(31(41)43)42(47)48)40-12-17(5)39(33(45)46)13-21(40)32(44)50-7/h8-11,14-17,21H,12-13H2,1-7H3,(H,45,46)/t17-,21-/m1/s1. The van der Waals surface area contributed by atoms with Crippen LogP contribution in [0.5, 0.6) is 5.75 Å². The van der Waals surface area contributed by atoms with E-state index in [9.17, 15) is 29.6 Å². The van der Waals surface area contributed by atoms with Gasteiger partial charge in [-0.15, -0.1) is 0 Å². The van der Waals surface area contributed by atoms with E-state index in [0.29, 0.717) is 11.4 Å². The summed E-state index contributed by atoms with van der Waals surface area (Å²) in [5.74, 6) is -2.18. The van der Waals surface area contributed by atoms with E-state index in [2.05, 4.69) is 9.97 Å². The number of nitro groups is 1. The number of amides is 1. The van der Waals surface area contributed by atoms with Gasteiger partial charge in [0.25, 0.3) is 0 Å². The lowest BCUT2D eigenvalue weighted by Gasteiger charge is -2.43. The molecule has 264 valence electrons. The summed E-state index contributed by atoms with van der Waals surface area (Å²) in [4.78, 5) is 68.2. The Bertz CT molecular complexity index is 2060. The predicted molar refractivity (Wildman–Crippen MR) is 182 cm³/mol. The minimum atomic E-state index is -1.41. The van der Waals surface area contributed by atoms with Crippen LogP contribution in [-0.2, 0) is 9.53 Å². The summed E-state index contributed by atoms with van der Waals surface area (Å²) in [7, 11) is 2.43. The van der Waals surface area contributed by atoms with Gasteiger partial charge in [-0.25, -0.2) is 28.9 Å². The number of halogens is 2. The molecule has 1 amide bonds. The van der Waals surface area contributed by atoms with Gasteiger partial charge in [0.2, 0.25) is 0 Å². The van der Waals surface area contributed by atoms with Crippen molar-refractivity contribution in [3.05, 3.63) is 73.3 Å². The molecule has 50 heavy (non-hydrogen) atoms. The van der Waals surface area contributed by atoms with Gasteiger partial charge in [0, 0.05) is 12.6 Å². The molecular weight excluding hydrogens is 677 g/mol. The quantitative estimate of drug-likeness (QED) is 0.137. The molecule has 15 nitrogen and oxygen atoms in total. The van der Waals surface area contributed by atoms with Crippen LogP contribution in [0.3, 0.4) is 0 Å². The summed E-state index contributed by atoms with van der Waals surface area (Å²) in [6.45, 7) is 8.19. The first-order chi connectivity index (χ1) is 23.6. The largest absolute Gasteiger partial charge is 0.496 e. The second-order valence-corrected chi connectivity index (χ2v) is 12.8. The predicted octanol–water partition coefficient (Wildman–Crippen LogP) is 5.53. The molecule has 2 atom stereocenters. The fourth-order valence-electron chi connectivity index (χ4n) is 6.30. The zero-order valence-electron chi connectivity index (χ0n) is 28.3. The molecule has 4 aromatic rings. The lowest BCUT2D eigenvalue weighted by atomic mass is 10.00. The van der Waals surface area contributed by atoms with Crippen molar-refractivity contribution >= 4 is 46.1 Å². The summed E-state index contributed by atoms with van der Waals surface area (Å²) in [5, 5.41) is 22.7. The summed E-state index contributed by atoms with van der Waals surface area (Å²) in [5.41, 5.74) is -1.96. The van der Waals surface area contributed by atoms with Gasteiger partial charge in [-0.1, -0.05) is 45.4 Å². The number of hydrogen-bond acceptors (Lipinski definition) is 11. The first-order valence-electron chi connectivity index (χ1n) is 15.6. The third-order valence-corrected chi connectivity index (χ3v) is 8.90. The van der Waals surface area contributed by atoms with E-state index in [-0.39, 0.29) is 62.8 Å². The monoisotopic (exact) mass is 711 g/mol. The Morgan fingerprint density at radius 1 is 1.10 bits per heavy atom. The van der Waals surface area contributed by atoms with E-state index in [1.807, 2.05) is 27.7 Å². The molecule has 0 radical (unpaired) electrons. The maximum Gasteiger partial charge on any atom is 0.407 e. The zero-order chi connectivity index (χ0) is 36.8. The van der Waals surface area contributed by atoms with Gasteiger partial charge in [0.15, 0.2) is 5.65 Å². The number of pyridine rings is 2. The van der Waals surface area contributed by atoms with Crippen LogP contribution in [0, 0.1) is 15.9 Å². The minimum Gasteiger partial charge on any atom is -0.496 e. The molecule has 0 saturated carbocycles. The summed E-state index contributed by atoms with van der Waals surface area (Å²) in [6.07, 6.45) is 0.0227. The molecule has 1 fully saturated rings. The van der Waals surface area contributed by atoms with Gasteiger partial charge in [0.1, 0.15) is 29.6 Å². The fourth-order valence-corrected chi connectivity index (χ4v) is 6.55. The van der Waals surface area contributed by atoms with Crippen molar-refractivity contribution in [2.45, 2.75) is 58.5 Å². The number of carbonyl (C=O) groups is 2. The van der Waals surface area contributed by atoms with Crippen molar-refractivity contribution < 1.29 is 33.5 Å². The smallest absolute Gasteiger partial charge is 0.407 e. The maximum absolute atomic E-state index is 15.5. The van der Waals surface area contributed by atoms with Crippen molar-refractivity contribution in [2.75, 3.05) is 32.2 Å². The number of aromatic nitrogens is 4. The number of ether oxygens (including phenoxy) is 2. The van der Waals surface area contributed by atoms with Gasteiger partial charge < -0.3 is 24.4 Å². The number of piperazine rings is 1. The number of carboxylic acid groups (broad SMARTS) is 1. The molecule has 3 aromatic heterocycles. The number of carbonyl (C=O) groups excluding carboxylic acids is 1. The lowest BCUT2D eigenvalue weighted by Crippen LogP contribution is -2.62. The highest BCUT2D eigenvalue weighted by Crippen LogP contribution is 2.43. The average Bonchev–Trinajstić information content (AvgIpc) is 3.06. The van der Waals surface area contributed by atoms with Crippen molar-refractivity contribution in [1.82, 2.24) is 24.4 Å². The van der Waals surface area contributed by atoms with Crippen LogP contribution in [0.1, 0.15) is 57.8 Å². The topological polar surface area (TPSA) is 183 Å². The van der Waals surface area contributed by atoms with Gasteiger partial charge in [-0.2, -0.15) is 0 Å². The fraction of sp³-hybridized carbons (Fsp3) is 0.394. The van der Waals surface area contributed by atoms with Crippen molar-refractivity contribution in [3.8, 4) is 22.7 Å². The molecule has 0 unspecified atom stereocenters.